The number of halogens is 1. The molecule has 0 aromatic heterocycles. The maximum Gasteiger partial charge on any atom is 0.271 e. The zero-order chi connectivity index (χ0) is 21.9. The van der Waals surface area contributed by atoms with Gasteiger partial charge in [-0.25, -0.2) is 13.8 Å². The summed E-state index contributed by atoms with van der Waals surface area (Å²) in [6.45, 7) is 4.68. The molecule has 2 aromatic carbocycles. The van der Waals surface area contributed by atoms with Crippen LogP contribution in [0.15, 0.2) is 52.5 Å². The lowest BCUT2D eigenvalue weighted by Crippen LogP contribution is -2.38. The van der Waals surface area contributed by atoms with Crippen LogP contribution in [-0.4, -0.2) is 42.5 Å². The Morgan fingerprint density at radius 2 is 1.90 bits per heavy atom. The van der Waals surface area contributed by atoms with E-state index in [2.05, 4.69) is 17.5 Å². The van der Waals surface area contributed by atoms with Gasteiger partial charge < -0.3 is 5.11 Å². The van der Waals surface area contributed by atoms with Crippen LogP contribution in [0, 0.1) is 5.92 Å². The monoisotopic (exact) mass is 449 g/mol. The number of phenolic OH excluding ortho intramolecular Hbond substituents is 1. The van der Waals surface area contributed by atoms with Crippen LogP contribution < -0.4 is 5.43 Å². The SMILES string of the molecule is CC(=NNC(=O)c1cccc(S(=O)(=O)N2CCC(C)CC2)c1)c1cc(Cl)ccc1O. The van der Waals surface area contributed by atoms with E-state index in [0.717, 1.165) is 12.8 Å². The predicted octanol–water partition coefficient (Wildman–Crippen LogP) is 3.62. The summed E-state index contributed by atoms with van der Waals surface area (Å²) in [4.78, 5) is 12.6. The van der Waals surface area contributed by atoms with Crippen molar-refractivity contribution in [2.75, 3.05) is 13.1 Å². The van der Waals surface area contributed by atoms with Gasteiger partial charge in [-0.15, -0.1) is 0 Å². The molecule has 0 bridgehead atoms. The molecule has 0 spiro atoms. The van der Waals surface area contributed by atoms with Crippen LogP contribution >= 0.6 is 11.6 Å². The van der Waals surface area contributed by atoms with Gasteiger partial charge in [0, 0.05) is 29.2 Å². The Labute approximate surface area is 181 Å². The van der Waals surface area contributed by atoms with Crippen LogP contribution in [-0.2, 0) is 10.0 Å². The van der Waals surface area contributed by atoms with Crippen LogP contribution in [0.1, 0.15) is 42.6 Å². The molecule has 0 unspecified atom stereocenters. The van der Waals surface area contributed by atoms with Crippen molar-refractivity contribution < 1.29 is 18.3 Å². The molecule has 30 heavy (non-hydrogen) atoms. The Hall–Kier alpha value is -2.42. The van der Waals surface area contributed by atoms with Crippen LogP contribution in [0.4, 0.5) is 0 Å². The first-order valence-corrected chi connectivity index (χ1v) is 11.4. The average Bonchev–Trinajstić information content (AvgIpc) is 2.74. The number of sulfonamides is 1. The molecule has 0 saturated carbocycles. The Morgan fingerprint density at radius 3 is 2.60 bits per heavy atom. The van der Waals surface area contributed by atoms with Gasteiger partial charge in [0.2, 0.25) is 10.0 Å². The first kappa shape index (κ1) is 22.3. The molecule has 1 saturated heterocycles. The van der Waals surface area contributed by atoms with Crippen LogP contribution in [0.25, 0.3) is 0 Å². The molecule has 7 nitrogen and oxygen atoms in total. The van der Waals surface area contributed by atoms with E-state index in [1.807, 2.05) is 0 Å². The van der Waals surface area contributed by atoms with Crippen molar-refractivity contribution in [2.24, 2.45) is 11.0 Å². The number of piperidine rings is 1. The fraction of sp³-hybridized carbons (Fsp3) is 0.333. The molecule has 9 heteroatoms. The molecule has 0 radical (unpaired) electrons. The number of carbonyl (C=O) groups is 1. The number of benzene rings is 2. The number of hydrogen-bond acceptors (Lipinski definition) is 5. The van der Waals surface area contributed by atoms with Crippen LogP contribution in [0.5, 0.6) is 5.75 Å². The molecule has 2 N–H and O–H groups in total. The fourth-order valence-corrected chi connectivity index (χ4v) is 4.92. The molecule has 3 rings (SSSR count). The lowest BCUT2D eigenvalue weighted by atomic mass is 10.0. The molecule has 0 atom stereocenters. The third-order valence-electron chi connectivity index (χ3n) is 5.15. The summed E-state index contributed by atoms with van der Waals surface area (Å²) >= 11 is 5.94. The van der Waals surface area contributed by atoms with Crippen molar-refractivity contribution in [2.45, 2.75) is 31.6 Å². The first-order valence-electron chi connectivity index (χ1n) is 9.62. The van der Waals surface area contributed by atoms with Gasteiger partial charge >= 0.3 is 0 Å². The Balaban J connectivity index is 1.77. The smallest absolute Gasteiger partial charge is 0.271 e. The van der Waals surface area contributed by atoms with E-state index in [-0.39, 0.29) is 16.2 Å². The number of aromatic hydroxyl groups is 1. The average molecular weight is 450 g/mol. The first-order chi connectivity index (χ1) is 14.2. The molecule has 1 aliphatic heterocycles. The van der Waals surface area contributed by atoms with Crippen molar-refractivity contribution >= 4 is 33.2 Å². The minimum atomic E-state index is -3.66. The van der Waals surface area contributed by atoms with Crippen molar-refractivity contribution in [1.82, 2.24) is 9.73 Å². The molecule has 0 aliphatic carbocycles. The summed E-state index contributed by atoms with van der Waals surface area (Å²) in [5, 5.41) is 14.4. The van der Waals surface area contributed by atoms with E-state index in [1.165, 1.54) is 40.7 Å². The molecule has 1 aliphatic rings. The highest BCUT2D eigenvalue weighted by Crippen LogP contribution is 2.24. The number of amides is 1. The van der Waals surface area contributed by atoms with Gasteiger partial charge in [-0.3, -0.25) is 4.79 Å². The van der Waals surface area contributed by atoms with Gasteiger partial charge in [0.05, 0.1) is 10.6 Å². The van der Waals surface area contributed by atoms with E-state index in [0.29, 0.717) is 35.3 Å². The fourth-order valence-electron chi connectivity index (χ4n) is 3.23. The third kappa shape index (κ3) is 5.00. The van der Waals surface area contributed by atoms with Crippen LogP contribution in [0.2, 0.25) is 5.02 Å². The van der Waals surface area contributed by atoms with Gasteiger partial charge in [0.15, 0.2) is 0 Å². The molecule has 1 heterocycles. The Bertz CT molecular complexity index is 1080. The van der Waals surface area contributed by atoms with Crippen molar-refractivity contribution in [3.05, 3.63) is 58.6 Å². The van der Waals surface area contributed by atoms with Gasteiger partial charge in [0.25, 0.3) is 5.91 Å². The quantitative estimate of drug-likeness (QED) is 0.537. The summed E-state index contributed by atoms with van der Waals surface area (Å²) in [6.07, 6.45) is 1.65. The zero-order valence-electron chi connectivity index (χ0n) is 16.8. The van der Waals surface area contributed by atoms with E-state index >= 15 is 0 Å². The van der Waals surface area contributed by atoms with E-state index in [9.17, 15) is 18.3 Å². The van der Waals surface area contributed by atoms with Crippen molar-refractivity contribution in [1.29, 1.82) is 0 Å². The summed E-state index contributed by atoms with van der Waals surface area (Å²) in [5.41, 5.74) is 3.31. The van der Waals surface area contributed by atoms with E-state index in [4.69, 9.17) is 11.6 Å². The van der Waals surface area contributed by atoms with Crippen molar-refractivity contribution in [3.8, 4) is 5.75 Å². The van der Waals surface area contributed by atoms with E-state index < -0.39 is 15.9 Å². The second-order valence-electron chi connectivity index (χ2n) is 7.41. The Morgan fingerprint density at radius 1 is 1.20 bits per heavy atom. The number of rotatable bonds is 5. The minimum absolute atomic E-state index is 0.0150. The molecule has 1 amide bonds. The molecular weight excluding hydrogens is 426 g/mol. The van der Waals surface area contributed by atoms with Gasteiger partial charge in [-0.05, 0) is 62.1 Å². The number of nitrogens with zero attached hydrogens (tertiary/aromatic N) is 2. The van der Waals surface area contributed by atoms with Crippen molar-refractivity contribution in [3.63, 3.8) is 0 Å². The summed E-state index contributed by atoms with van der Waals surface area (Å²) in [7, 11) is -3.66. The highest BCUT2D eigenvalue weighted by atomic mass is 35.5. The second kappa shape index (κ2) is 9.16. The molecular formula is C21H24ClN3O4S. The normalized spacial score (nSPS) is 16.4. The van der Waals surface area contributed by atoms with E-state index in [1.54, 1.807) is 13.0 Å². The standard InChI is InChI=1S/C21H24ClN3O4S/c1-14-8-10-25(11-9-14)30(28,29)18-5-3-4-16(12-18)21(27)24-23-15(2)19-13-17(22)6-7-20(19)26/h3-7,12-14,26H,8-11H2,1-2H3,(H,24,27). The third-order valence-corrected chi connectivity index (χ3v) is 7.28. The molecule has 160 valence electrons. The maximum absolute atomic E-state index is 12.9. The largest absolute Gasteiger partial charge is 0.507 e. The summed E-state index contributed by atoms with van der Waals surface area (Å²) in [5.74, 6) is -0.0624. The number of phenols is 1. The highest BCUT2D eigenvalue weighted by Gasteiger charge is 2.28. The van der Waals surface area contributed by atoms with Gasteiger partial charge in [-0.2, -0.15) is 9.41 Å². The lowest BCUT2D eigenvalue weighted by molar-refractivity contribution is 0.0954. The molecule has 1 fully saturated rings. The lowest BCUT2D eigenvalue weighted by Gasteiger charge is -2.29. The molecule has 2 aromatic rings. The highest BCUT2D eigenvalue weighted by molar-refractivity contribution is 7.89. The summed E-state index contributed by atoms with van der Waals surface area (Å²) < 4.78 is 27.3. The summed E-state index contributed by atoms with van der Waals surface area (Å²) in [6, 6.07) is 10.4. The zero-order valence-corrected chi connectivity index (χ0v) is 18.4. The van der Waals surface area contributed by atoms with Gasteiger partial charge in [0.1, 0.15) is 5.75 Å². The van der Waals surface area contributed by atoms with Gasteiger partial charge in [-0.1, -0.05) is 24.6 Å². The number of hydrazone groups is 1. The van der Waals surface area contributed by atoms with Crippen LogP contribution in [0.3, 0.4) is 0 Å². The number of carbonyl (C=O) groups excluding carboxylic acids is 1. The minimum Gasteiger partial charge on any atom is -0.507 e. The Kier molecular flexibility index (Phi) is 6.80. The number of nitrogens with one attached hydrogen (secondary N) is 1. The topological polar surface area (TPSA) is 99.1 Å². The second-order valence-corrected chi connectivity index (χ2v) is 9.79. The maximum atomic E-state index is 12.9. The number of hydrogen-bond donors (Lipinski definition) is 2. The predicted molar refractivity (Wildman–Crippen MR) is 116 cm³/mol.